The molecule has 0 aliphatic carbocycles. The molecule has 1 aliphatic rings. The second-order valence-corrected chi connectivity index (χ2v) is 7.44. The van der Waals surface area contributed by atoms with Crippen molar-refractivity contribution in [1.82, 2.24) is 29.4 Å². The van der Waals surface area contributed by atoms with Gasteiger partial charge in [-0.15, -0.1) is 0 Å². The molecule has 1 amide bonds. The number of nitro groups is 1. The van der Waals surface area contributed by atoms with Crippen LogP contribution >= 0.6 is 0 Å². The number of hydrogen-bond acceptors (Lipinski definition) is 6. The van der Waals surface area contributed by atoms with Gasteiger partial charge in [-0.25, -0.2) is 0 Å². The molecule has 10 nitrogen and oxygen atoms in total. The van der Waals surface area contributed by atoms with Crippen molar-refractivity contribution in [2.24, 2.45) is 7.05 Å². The summed E-state index contributed by atoms with van der Waals surface area (Å²) in [5.74, 6) is -0.0855. The summed E-state index contributed by atoms with van der Waals surface area (Å²) in [5.41, 5.74) is 1.13. The molecule has 1 saturated heterocycles. The number of aromatic nitrogens is 4. The molecule has 3 heterocycles. The monoisotopic (exact) mass is 375 g/mol. The third-order valence-electron chi connectivity index (χ3n) is 5.04. The molecular formula is C17H25N7O3. The molecule has 0 radical (unpaired) electrons. The van der Waals surface area contributed by atoms with Crippen LogP contribution in [0.5, 0.6) is 0 Å². The van der Waals surface area contributed by atoms with Crippen LogP contribution < -0.4 is 0 Å². The van der Waals surface area contributed by atoms with E-state index >= 15 is 0 Å². The van der Waals surface area contributed by atoms with Gasteiger partial charge in [-0.2, -0.15) is 10.2 Å². The van der Waals surface area contributed by atoms with Gasteiger partial charge in [-0.3, -0.25) is 29.2 Å². The van der Waals surface area contributed by atoms with Crippen molar-refractivity contribution in [3.8, 4) is 0 Å². The van der Waals surface area contributed by atoms with Crippen LogP contribution in [-0.4, -0.2) is 66.4 Å². The maximum Gasteiger partial charge on any atom is 0.307 e. The van der Waals surface area contributed by atoms with Gasteiger partial charge >= 0.3 is 5.69 Å². The summed E-state index contributed by atoms with van der Waals surface area (Å²) in [5, 5.41) is 19.3. The van der Waals surface area contributed by atoms with E-state index in [1.807, 2.05) is 24.9 Å². The number of piperazine rings is 1. The van der Waals surface area contributed by atoms with Gasteiger partial charge in [-0.05, 0) is 20.8 Å². The minimum Gasteiger partial charge on any atom is -0.338 e. The van der Waals surface area contributed by atoms with Crippen LogP contribution in [0.4, 0.5) is 5.69 Å². The lowest BCUT2D eigenvalue weighted by Crippen LogP contribution is -2.54. The second kappa shape index (κ2) is 7.10. The number of nitrogens with zero attached hydrogens (tertiary/aromatic N) is 7. The summed E-state index contributed by atoms with van der Waals surface area (Å²) in [6, 6.07) is 0. The summed E-state index contributed by atoms with van der Waals surface area (Å²) < 4.78 is 3.19. The molecular weight excluding hydrogens is 350 g/mol. The Kier molecular flexibility index (Phi) is 5.01. The Morgan fingerprint density at radius 2 is 1.93 bits per heavy atom. The van der Waals surface area contributed by atoms with Crippen molar-refractivity contribution in [2.45, 2.75) is 32.9 Å². The lowest BCUT2D eigenvalue weighted by atomic mass is 10.0. The molecule has 2 aromatic heterocycles. The van der Waals surface area contributed by atoms with E-state index in [0.29, 0.717) is 13.1 Å². The molecule has 1 aliphatic heterocycles. The van der Waals surface area contributed by atoms with Crippen LogP contribution in [0.15, 0.2) is 18.6 Å². The van der Waals surface area contributed by atoms with Crippen LogP contribution in [0.3, 0.4) is 0 Å². The molecule has 146 valence electrons. The predicted molar refractivity (Wildman–Crippen MR) is 98.0 cm³/mol. The van der Waals surface area contributed by atoms with E-state index in [2.05, 4.69) is 15.1 Å². The highest BCUT2D eigenvalue weighted by Crippen LogP contribution is 2.22. The summed E-state index contributed by atoms with van der Waals surface area (Å²) in [6.45, 7) is 9.06. The van der Waals surface area contributed by atoms with E-state index in [1.54, 1.807) is 18.7 Å². The lowest BCUT2D eigenvalue weighted by molar-refractivity contribution is -0.385. The highest BCUT2D eigenvalue weighted by atomic mass is 16.6. The molecule has 0 unspecified atom stereocenters. The van der Waals surface area contributed by atoms with Crippen molar-refractivity contribution in [1.29, 1.82) is 0 Å². The molecule has 0 atom stereocenters. The molecule has 0 aromatic carbocycles. The third-order valence-corrected chi connectivity index (χ3v) is 5.04. The number of aryl methyl sites for hydroxylation is 2. The first-order chi connectivity index (χ1) is 12.7. The van der Waals surface area contributed by atoms with Crippen LogP contribution in [0.1, 0.15) is 25.1 Å². The summed E-state index contributed by atoms with van der Waals surface area (Å²) >= 11 is 0. The molecule has 0 bridgehead atoms. The maximum absolute atomic E-state index is 13.0. The Balaban J connectivity index is 1.61. The number of hydrogen-bond donors (Lipinski definition) is 0. The zero-order valence-electron chi connectivity index (χ0n) is 16.1. The van der Waals surface area contributed by atoms with E-state index in [4.69, 9.17) is 0 Å². The lowest BCUT2D eigenvalue weighted by Gasteiger charge is -2.38. The molecule has 0 N–H and O–H groups in total. The number of amides is 1. The highest BCUT2D eigenvalue weighted by molar-refractivity contribution is 5.83. The van der Waals surface area contributed by atoms with Gasteiger partial charge in [0.25, 0.3) is 0 Å². The van der Waals surface area contributed by atoms with Crippen molar-refractivity contribution in [3.05, 3.63) is 40.0 Å². The minimum atomic E-state index is -0.976. The quantitative estimate of drug-likeness (QED) is 0.569. The predicted octanol–water partition coefficient (Wildman–Crippen LogP) is 0.913. The van der Waals surface area contributed by atoms with Crippen molar-refractivity contribution < 1.29 is 9.72 Å². The number of rotatable bonds is 5. The first kappa shape index (κ1) is 19.0. The summed E-state index contributed by atoms with van der Waals surface area (Å²) in [4.78, 5) is 27.5. The minimum absolute atomic E-state index is 0.0855. The van der Waals surface area contributed by atoms with E-state index < -0.39 is 10.5 Å². The normalized spacial score (nSPS) is 15.9. The van der Waals surface area contributed by atoms with E-state index in [9.17, 15) is 14.9 Å². The SMILES string of the molecule is Cc1nn(C)cc1CN1CCN(C(=O)C(C)(C)n2cc([N+](=O)[O-])cn2)CC1. The van der Waals surface area contributed by atoms with Crippen LogP contribution in [0, 0.1) is 17.0 Å². The van der Waals surface area contributed by atoms with Crippen LogP contribution in [-0.2, 0) is 23.9 Å². The average molecular weight is 375 g/mol. The maximum atomic E-state index is 13.0. The Morgan fingerprint density at radius 1 is 1.26 bits per heavy atom. The molecule has 0 saturated carbocycles. The first-order valence-electron chi connectivity index (χ1n) is 8.89. The van der Waals surface area contributed by atoms with Gasteiger partial charge < -0.3 is 4.90 Å². The average Bonchev–Trinajstić information content (AvgIpc) is 3.22. The fraction of sp³-hybridized carbons (Fsp3) is 0.588. The van der Waals surface area contributed by atoms with E-state index in [1.165, 1.54) is 22.6 Å². The molecule has 1 fully saturated rings. The summed E-state index contributed by atoms with van der Waals surface area (Å²) in [7, 11) is 1.91. The standard InChI is InChI=1S/C17H25N7O3/c1-13-14(10-20(4)19-13)11-21-5-7-22(8-6-21)16(25)17(2,3)23-12-15(9-18-23)24(26)27/h9-10,12H,5-8,11H2,1-4H3. The van der Waals surface area contributed by atoms with Gasteiger partial charge in [0.2, 0.25) is 5.91 Å². The van der Waals surface area contributed by atoms with Crippen molar-refractivity contribution in [3.63, 3.8) is 0 Å². The molecule has 0 spiro atoms. The zero-order valence-corrected chi connectivity index (χ0v) is 16.1. The number of carbonyl (C=O) groups is 1. The number of carbonyl (C=O) groups excluding carboxylic acids is 1. The molecule has 27 heavy (non-hydrogen) atoms. The molecule has 2 aromatic rings. The summed E-state index contributed by atoms with van der Waals surface area (Å²) in [6.07, 6.45) is 4.50. The fourth-order valence-corrected chi connectivity index (χ4v) is 3.35. The Morgan fingerprint density at radius 3 is 2.44 bits per heavy atom. The van der Waals surface area contributed by atoms with Gasteiger partial charge in [0.1, 0.15) is 17.9 Å². The van der Waals surface area contributed by atoms with Gasteiger partial charge in [0, 0.05) is 51.5 Å². The van der Waals surface area contributed by atoms with E-state index in [-0.39, 0.29) is 11.6 Å². The van der Waals surface area contributed by atoms with Crippen LogP contribution in [0.25, 0.3) is 0 Å². The third kappa shape index (κ3) is 3.85. The zero-order chi connectivity index (χ0) is 19.8. The van der Waals surface area contributed by atoms with Crippen molar-refractivity contribution in [2.75, 3.05) is 26.2 Å². The molecule has 10 heteroatoms. The largest absolute Gasteiger partial charge is 0.338 e. The van der Waals surface area contributed by atoms with Gasteiger partial charge in [0.15, 0.2) is 0 Å². The van der Waals surface area contributed by atoms with E-state index in [0.717, 1.165) is 25.3 Å². The van der Waals surface area contributed by atoms with Crippen LogP contribution in [0.2, 0.25) is 0 Å². The van der Waals surface area contributed by atoms with Crippen molar-refractivity contribution >= 4 is 11.6 Å². The first-order valence-corrected chi connectivity index (χ1v) is 8.89. The van der Waals surface area contributed by atoms with Gasteiger partial charge in [0.05, 0.1) is 10.6 Å². The fourth-order valence-electron chi connectivity index (χ4n) is 3.35. The topological polar surface area (TPSA) is 102 Å². The molecule has 3 rings (SSSR count). The van der Waals surface area contributed by atoms with Gasteiger partial charge in [-0.1, -0.05) is 0 Å². The highest BCUT2D eigenvalue weighted by Gasteiger charge is 2.36. The Hall–Kier alpha value is -2.75. The second-order valence-electron chi connectivity index (χ2n) is 7.44. The smallest absolute Gasteiger partial charge is 0.307 e. The Bertz CT molecular complexity index is 847. The Labute approximate surface area is 157 Å².